The van der Waals surface area contributed by atoms with Gasteiger partial charge in [0.15, 0.2) is 0 Å². The van der Waals surface area contributed by atoms with E-state index in [1.54, 1.807) is 17.0 Å². The molecule has 1 aliphatic heterocycles. The first-order valence-electron chi connectivity index (χ1n) is 7.38. The molecule has 1 fully saturated rings. The quantitative estimate of drug-likeness (QED) is 0.764. The van der Waals surface area contributed by atoms with Gasteiger partial charge < -0.3 is 4.90 Å². The van der Waals surface area contributed by atoms with E-state index in [2.05, 4.69) is 9.44 Å². The van der Waals surface area contributed by atoms with Crippen molar-refractivity contribution in [2.75, 3.05) is 30.3 Å². The van der Waals surface area contributed by atoms with Gasteiger partial charge >= 0.3 is 0 Å². The fourth-order valence-corrected chi connectivity index (χ4v) is 3.99. The number of rotatable bonds is 5. The van der Waals surface area contributed by atoms with Crippen LogP contribution in [0.15, 0.2) is 24.3 Å². The fraction of sp³-hybridized carbons (Fsp3) is 0.500. The van der Waals surface area contributed by atoms with Crippen molar-refractivity contribution in [1.29, 1.82) is 0 Å². The van der Waals surface area contributed by atoms with E-state index in [4.69, 9.17) is 0 Å². The third kappa shape index (κ3) is 5.77. The summed E-state index contributed by atoms with van der Waals surface area (Å²) in [5.74, 6) is -0.154. The van der Waals surface area contributed by atoms with Gasteiger partial charge in [0.05, 0.1) is 12.5 Å². The highest BCUT2D eigenvalue weighted by Gasteiger charge is 2.25. The molecule has 0 saturated carbocycles. The highest BCUT2D eigenvalue weighted by molar-refractivity contribution is 7.92. The number of likely N-dealkylation sites (tertiary alicyclic amines) is 1. The number of sulfonamides is 2. The lowest BCUT2D eigenvalue weighted by atomic mass is 10.0. The van der Waals surface area contributed by atoms with E-state index in [1.165, 1.54) is 12.1 Å². The zero-order valence-electron chi connectivity index (χ0n) is 13.5. The molecule has 0 radical (unpaired) electrons. The first-order chi connectivity index (χ1) is 11.0. The standard InChI is InChI=1S/C14H21N3O5S2/c1-23(19,20)15-12-5-3-11(4-6-12)14(18)17-9-7-13(8-10-17)16-24(2,21)22/h3-6,13,15-16H,7-10H2,1-2H3. The Labute approximate surface area is 142 Å². The van der Waals surface area contributed by atoms with E-state index in [1.807, 2.05) is 0 Å². The van der Waals surface area contributed by atoms with Crippen LogP contribution in [0.2, 0.25) is 0 Å². The molecule has 1 aromatic rings. The van der Waals surface area contributed by atoms with Crippen LogP contribution in [-0.4, -0.2) is 59.3 Å². The second kappa shape index (κ2) is 7.08. The summed E-state index contributed by atoms with van der Waals surface area (Å²) in [4.78, 5) is 14.1. The van der Waals surface area contributed by atoms with Crippen molar-refractivity contribution in [1.82, 2.24) is 9.62 Å². The van der Waals surface area contributed by atoms with Crippen LogP contribution in [0.4, 0.5) is 5.69 Å². The van der Waals surface area contributed by atoms with Crippen molar-refractivity contribution in [3.05, 3.63) is 29.8 Å². The first kappa shape index (κ1) is 18.7. The summed E-state index contributed by atoms with van der Waals surface area (Å²) in [5, 5.41) is 0. The number of hydrogen-bond donors (Lipinski definition) is 2. The molecule has 1 amide bonds. The monoisotopic (exact) mass is 375 g/mol. The lowest BCUT2D eigenvalue weighted by Crippen LogP contribution is -2.46. The molecule has 0 unspecified atom stereocenters. The Kier molecular flexibility index (Phi) is 5.51. The van der Waals surface area contributed by atoms with Crippen molar-refractivity contribution in [2.24, 2.45) is 0 Å². The van der Waals surface area contributed by atoms with E-state index in [0.717, 1.165) is 12.5 Å². The SMILES string of the molecule is CS(=O)(=O)Nc1ccc(C(=O)N2CCC(NS(C)(=O)=O)CC2)cc1. The van der Waals surface area contributed by atoms with Gasteiger partial charge in [-0.3, -0.25) is 9.52 Å². The van der Waals surface area contributed by atoms with Gasteiger partial charge in [0.2, 0.25) is 20.0 Å². The minimum atomic E-state index is -3.35. The zero-order valence-corrected chi connectivity index (χ0v) is 15.2. The van der Waals surface area contributed by atoms with Crippen molar-refractivity contribution in [3.8, 4) is 0 Å². The van der Waals surface area contributed by atoms with Gasteiger partial charge in [0.25, 0.3) is 5.91 Å². The van der Waals surface area contributed by atoms with E-state index in [-0.39, 0.29) is 11.9 Å². The lowest BCUT2D eigenvalue weighted by molar-refractivity contribution is 0.0711. The Bertz CT molecular complexity index is 795. The van der Waals surface area contributed by atoms with Gasteiger partial charge in [-0.25, -0.2) is 21.6 Å². The van der Waals surface area contributed by atoms with Crippen molar-refractivity contribution in [2.45, 2.75) is 18.9 Å². The van der Waals surface area contributed by atoms with Crippen LogP contribution >= 0.6 is 0 Å². The van der Waals surface area contributed by atoms with E-state index in [9.17, 15) is 21.6 Å². The van der Waals surface area contributed by atoms with E-state index >= 15 is 0 Å². The third-order valence-corrected chi connectivity index (χ3v) is 4.97. The minimum Gasteiger partial charge on any atom is -0.339 e. The van der Waals surface area contributed by atoms with Crippen LogP contribution in [0.5, 0.6) is 0 Å². The summed E-state index contributed by atoms with van der Waals surface area (Å²) in [7, 11) is -6.60. The Morgan fingerprint density at radius 3 is 2.00 bits per heavy atom. The fourth-order valence-electron chi connectivity index (χ4n) is 2.58. The summed E-state index contributed by atoms with van der Waals surface area (Å²) in [6.45, 7) is 0.935. The average molecular weight is 375 g/mol. The molecule has 0 atom stereocenters. The molecule has 0 aliphatic carbocycles. The second-order valence-corrected chi connectivity index (χ2v) is 9.44. The number of anilines is 1. The summed E-state index contributed by atoms with van der Waals surface area (Å²) >= 11 is 0. The Morgan fingerprint density at radius 1 is 1.00 bits per heavy atom. The molecular weight excluding hydrogens is 354 g/mol. The van der Waals surface area contributed by atoms with Gasteiger partial charge in [-0.2, -0.15) is 0 Å². The molecule has 2 N–H and O–H groups in total. The number of carbonyl (C=O) groups excluding carboxylic acids is 1. The number of amides is 1. The molecule has 0 spiro atoms. The van der Waals surface area contributed by atoms with Crippen LogP contribution in [0.1, 0.15) is 23.2 Å². The Hall–Kier alpha value is -1.65. The summed E-state index contributed by atoms with van der Waals surface area (Å²) in [6.07, 6.45) is 3.30. The van der Waals surface area contributed by atoms with Gasteiger partial charge in [-0.15, -0.1) is 0 Å². The highest BCUT2D eigenvalue weighted by atomic mass is 32.2. The molecule has 1 saturated heterocycles. The molecule has 0 aromatic heterocycles. The average Bonchev–Trinajstić information content (AvgIpc) is 2.45. The normalized spacial score (nSPS) is 16.8. The predicted octanol–water partition coefficient (Wildman–Crippen LogP) is 0.212. The highest BCUT2D eigenvalue weighted by Crippen LogP contribution is 2.17. The third-order valence-electron chi connectivity index (χ3n) is 3.60. The second-order valence-electron chi connectivity index (χ2n) is 5.91. The molecule has 1 heterocycles. The van der Waals surface area contributed by atoms with Gasteiger partial charge in [-0.05, 0) is 37.1 Å². The van der Waals surface area contributed by atoms with Crippen LogP contribution < -0.4 is 9.44 Å². The number of hydrogen-bond acceptors (Lipinski definition) is 5. The van der Waals surface area contributed by atoms with Crippen molar-refractivity contribution in [3.63, 3.8) is 0 Å². The van der Waals surface area contributed by atoms with Gasteiger partial charge in [0.1, 0.15) is 0 Å². The summed E-state index contributed by atoms with van der Waals surface area (Å²) in [5.41, 5.74) is 0.855. The van der Waals surface area contributed by atoms with Crippen LogP contribution in [0.3, 0.4) is 0 Å². The van der Waals surface area contributed by atoms with E-state index in [0.29, 0.717) is 37.2 Å². The minimum absolute atomic E-state index is 0.148. The summed E-state index contributed by atoms with van der Waals surface area (Å²) < 4.78 is 49.7. The molecule has 0 bridgehead atoms. The molecule has 24 heavy (non-hydrogen) atoms. The largest absolute Gasteiger partial charge is 0.339 e. The number of nitrogens with one attached hydrogen (secondary N) is 2. The molecule has 10 heteroatoms. The first-order valence-corrected chi connectivity index (χ1v) is 11.2. The molecule has 8 nitrogen and oxygen atoms in total. The van der Waals surface area contributed by atoms with Crippen LogP contribution in [0, 0.1) is 0 Å². The van der Waals surface area contributed by atoms with Crippen LogP contribution in [-0.2, 0) is 20.0 Å². The maximum Gasteiger partial charge on any atom is 0.253 e. The van der Waals surface area contributed by atoms with Crippen molar-refractivity contribution < 1.29 is 21.6 Å². The Balaban J connectivity index is 1.95. The molecular formula is C14H21N3O5S2. The summed E-state index contributed by atoms with van der Waals surface area (Å²) in [6, 6.07) is 6.05. The topological polar surface area (TPSA) is 113 Å². The molecule has 1 aromatic carbocycles. The Morgan fingerprint density at radius 2 is 1.54 bits per heavy atom. The molecule has 1 aliphatic rings. The molecule has 2 rings (SSSR count). The van der Waals surface area contributed by atoms with E-state index < -0.39 is 20.0 Å². The maximum absolute atomic E-state index is 12.4. The number of benzene rings is 1. The number of carbonyl (C=O) groups is 1. The smallest absolute Gasteiger partial charge is 0.253 e. The van der Waals surface area contributed by atoms with Gasteiger partial charge in [0, 0.05) is 30.4 Å². The number of nitrogens with zero attached hydrogens (tertiary/aromatic N) is 1. The van der Waals surface area contributed by atoms with Crippen LogP contribution in [0.25, 0.3) is 0 Å². The zero-order chi connectivity index (χ0) is 18.0. The van der Waals surface area contributed by atoms with Crippen molar-refractivity contribution >= 4 is 31.6 Å². The maximum atomic E-state index is 12.4. The predicted molar refractivity (Wildman–Crippen MR) is 91.8 cm³/mol. The van der Waals surface area contributed by atoms with Gasteiger partial charge in [-0.1, -0.05) is 0 Å². The number of piperidine rings is 1. The lowest BCUT2D eigenvalue weighted by Gasteiger charge is -2.32. The molecule has 134 valence electrons.